The average molecular weight is 457 g/mol. The number of aromatic nitrogens is 6. The van der Waals surface area contributed by atoms with Gasteiger partial charge in [-0.25, -0.2) is 4.98 Å². The van der Waals surface area contributed by atoms with Gasteiger partial charge < -0.3 is 30.5 Å². The van der Waals surface area contributed by atoms with Gasteiger partial charge in [-0.1, -0.05) is 0 Å². The second kappa shape index (κ2) is 8.13. The number of aryl methyl sites for hydroxylation is 2. The van der Waals surface area contributed by atoms with Gasteiger partial charge in [0, 0.05) is 32.0 Å². The van der Waals surface area contributed by atoms with E-state index in [0.717, 1.165) is 21.9 Å². The first-order valence-corrected chi connectivity index (χ1v) is 11.0. The summed E-state index contributed by atoms with van der Waals surface area (Å²) in [6.07, 6.45) is 3.89. The molecule has 12 heteroatoms. The van der Waals surface area contributed by atoms with E-state index in [1.165, 1.54) is 11.5 Å². The van der Waals surface area contributed by atoms with Crippen molar-refractivity contribution in [1.82, 2.24) is 28.7 Å². The van der Waals surface area contributed by atoms with Crippen LogP contribution in [0.1, 0.15) is 12.1 Å². The third-order valence-electron chi connectivity index (χ3n) is 5.72. The van der Waals surface area contributed by atoms with Crippen molar-refractivity contribution in [3.05, 3.63) is 36.4 Å². The number of aliphatic hydroxyl groups is 3. The highest BCUT2D eigenvalue weighted by molar-refractivity contribution is 7.10. The number of nitrogens with one attached hydrogen (secondary N) is 2. The average Bonchev–Trinajstić information content (AvgIpc) is 3.53. The number of anilines is 3. The number of nitrogens with zero attached hydrogens (tertiary/aromatic N) is 6. The smallest absolute Gasteiger partial charge is 0.230 e. The molecule has 168 valence electrons. The molecule has 5 N–H and O–H groups in total. The molecule has 1 fully saturated rings. The lowest BCUT2D eigenvalue weighted by Gasteiger charge is -2.20. The first-order valence-electron chi connectivity index (χ1n) is 10.2. The Bertz CT molecular complexity index is 1250. The highest BCUT2D eigenvalue weighted by atomic mass is 32.1. The molecule has 0 saturated heterocycles. The van der Waals surface area contributed by atoms with Crippen LogP contribution in [-0.2, 0) is 7.05 Å². The van der Waals surface area contributed by atoms with E-state index in [9.17, 15) is 15.3 Å². The molecule has 1 aliphatic rings. The normalized spacial score (nSPS) is 23.2. The number of hydrogen-bond acceptors (Lipinski definition) is 10. The predicted molar refractivity (Wildman–Crippen MR) is 120 cm³/mol. The zero-order chi connectivity index (χ0) is 22.4. The zero-order valence-electron chi connectivity index (χ0n) is 17.5. The van der Waals surface area contributed by atoms with Gasteiger partial charge in [0.15, 0.2) is 5.82 Å². The van der Waals surface area contributed by atoms with Gasteiger partial charge in [0.25, 0.3) is 0 Å². The van der Waals surface area contributed by atoms with Crippen molar-refractivity contribution in [3.63, 3.8) is 0 Å². The van der Waals surface area contributed by atoms with E-state index in [0.29, 0.717) is 23.7 Å². The molecule has 4 aromatic rings. The molecule has 0 bridgehead atoms. The fourth-order valence-electron chi connectivity index (χ4n) is 4.11. The van der Waals surface area contributed by atoms with E-state index in [1.807, 2.05) is 43.1 Å². The molecule has 0 spiro atoms. The molecular weight excluding hydrogens is 432 g/mol. The Morgan fingerprint density at radius 2 is 2.09 bits per heavy atom. The van der Waals surface area contributed by atoms with Gasteiger partial charge >= 0.3 is 0 Å². The van der Waals surface area contributed by atoms with Crippen LogP contribution in [0.3, 0.4) is 0 Å². The van der Waals surface area contributed by atoms with Crippen molar-refractivity contribution in [2.75, 3.05) is 17.2 Å². The Morgan fingerprint density at radius 3 is 2.75 bits per heavy atom. The third kappa shape index (κ3) is 3.71. The Hall–Kier alpha value is -3.06. The summed E-state index contributed by atoms with van der Waals surface area (Å²) in [5.74, 6) is 0.490. The van der Waals surface area contributed by atoms with Gasteiger partial charge in [0.1, 0.15) is 16.6 Å². The van der Waals surface area contributed by atoms with Gasteiger partial charge in [-0.05, 0) is 37.0 Å². The summed E-state index contributed by atoms with van der Waals surface area (Å²) in [6.45, 7) is 1.72. The molecular formula is C20H24N8O3S. The quantitative estimate of drug-likeness (QED) is 0.289. The lowest BCUT2D eigenvalue weighted by atomic mass is 10.1. The zero-order valence-corrected chi connectivity index (χ0v) is 18.4. The Labute approximate surface area is 187 Å². The van der Waals surface area contributed by atoms with Crippen molar-refractivity contribution in [2.45, 2.75) is 31.6 Å². The molecule has 4 heterocycles. The molecule has 0 aromatic carbocycles. The molecule has 1 saturated carbocycles. The van der Waals surface area contributed by atoms with Gasteiger partial charge in [0.05, 0.1) is 35.2 Å². The van der Waals surface area contributed by atoms with Crippen LogP contribution >= 0.6 is 11.5 Å². The van der Waals surface area contributed by atoms with Gasteiger partial charge in [-0.15, -0.1) is 0 Å². The van der Waals surface area contributed by atoms with E-state index in [4.69, 9.17) is 0 Å². The van der Waals surface area contributed by atoms with Crippen LogP contribution < -0.4 is 10.6 Å². The molecule has 11 nitrogen and oxygen atoms in total. The summed E-state index contributed by atoms with van der Waals surface area (Å²) in [4.78, 5) is 9.34. The van der Waals surface area contributed by atoms with E-state index in [2.05, 4.69) is 30.1 Å². The molecule has 4 aromatic heterocycles. The SMILES string of the molecule is Cc1cc(Nc2nc(N[C@@H]3C[C@H](CO)[C@@H](O)[C@H]3O)c3c(ccn3-c3cnn(C)c3)n2)sn1. The summed E-state index contributed by atoms with van der Waals surface area (Å²) >= 11 is 1.32. The second-order valence-corrected chi connectivity index (χ2v) is 8.86. The van der Waals surface area contributed by atoms with Crippen molar-refractivity contribution in [1.29, 1.82) is 0 Å². The van der Waals surface area contributed by atoms with Crippen molar-refractivity contribution in [3.8, 4) is 5.69 Å². The van der Waals surface area contributed by atoms with Crippen molar-refractivity contribution < 1.29 is 15.3 Å². The van der Waals surface area contributed by atoms with Crippen LogP contribution in [-0.4, -0.2) is 68.9 Å². The monoisotopic (exact) mass is 456 g/mol. The van der Waals surface area contributed by atoms with Crippen LogP contribution in [0.15, 0.2) is 30.7 Å². The maximum atomic E-state index is 10.5. The maximum absolute atomic E-state index is 10.5. The molecule has 0 aliphatic heterocycles. The fourth-order valence-corrected chi connectivity index (χ4v) is 4.76. The number of rotatable bonds is 6. The highest BCUT2D eigenvalue weighted by Crippen LogP contribution is 2.33. The molecule has 0 radical (unpaired) electrons. The summed E-state index contributed by atoms with van der Waals surface area (Å²) < 4.78 is 7.90. The molecule has 0 amide bonds. The minimum Gasteiger partial charge on any atom is -0.396 e. The molecule has 0 unspecified atom stereocenters. The van der Waals surface area contributed by atoms with E-state index >= 15 is 0 Å². The Kier molecular flexibility index (Phi) is 5.29. The largest absolute Gasteiger partial charge is 0.396 e. The van der Waals surface area contributed by atoms with E-state index in [-0.39, 0.29) is 6.61 Å². The number of fused-ring (bicyclic) bond motifs is 1. The fraction of sp³-hybridized carbons (Fsp3) is 0.400. The summed E-state index contributed by atoms with van der Waals surface area (Å²) in [5.41, 5.74) is 3.16. The molecule has 32 heavy (non-hydrogen) atoms. The summed E-state index contributed by atoms with van der Waals surface area (Å²) in [6, 6.07) is 3.32. The van der Waals surface area contributed by atoms with Gasteiger partial charge in [-0.2, -0.15) is 14.5 Å². The lowest BCUT2D eigenvalue weighted by Crippen LogP contribution is -2.35. The molecule has 5 rings (SSSR count). The van der Waals surface area contributed by atoms with Crippen LogP contribution in [0.2, 0.25) is 0 Å². The van der Waals surface area contributed by atoms with Crippen molar-refractivity contribution in [2.24, 2.45) is 13.0 Å². The summed E-state index contributed by atoms with van der Waals surface area (Å²) in [7, 11) is 1.84. The standard InChI is InChI=1S/C20H24N8O3S/c1-10-5-15(32-26-10)24-20-23-13-3-4-28(12-7-21-27(2)8-12)16(13)19(25-20)22-14-6-11(9-29)17(30)18(14)31/h3-5,7-8,11,14,17-18,29-31H,6,9H2,1-2H3,(H2,22,23,24,25)/t11-,14-,17-,18+/m1/s1. The van der Waals surface area contributed by atoms with Crippen molar-refractivity contribution >= 4 is 39.3 Å². The molecule has 1 aliphatic carbocycles. The minimum absolute atomic E-state index is 0.195. The predicted octanol–water partition coefficient (Wildman–Crippen LogP) is 1.18. The minimum atomic E-state index is -1.03. The first kappa shape index (κ1) is 20.8. The number of aliphatic hydroxyl groups excluding tert-OH is 3. The van der Waals surface area contributed by atoms with Crippen LogP contribution in [0, 0.1) is 12.8 Å². The number of hydrogen-bond donors (Lipinski definition) is 5. The van der Waals surface area contributed by atoms with E-state index < -0.39 is 24.2 Å². The van der Waals surface area contributed by atoms with Crippen LogP contribution in [0.5, 0.6) is 0 Å². The third-order valence-corrected chi connectivity index (χ3v) is 6.52. The lowest BCUT2D eigenvalue weighted by molar-refractivity contribution is 0.00446. The maximum Gasteiger partial charge on any atom is 0.230 e. The van der Waals surface area contributed by atoms with Gasteiger partial charge in [0.2, 0.25) is 5.95 Å². The van der Waals surface area contributed by atoms with Crippen LogP contribution in [0.25, 0.3) is 16.7 Å². The van der Waals surface area contributed by atoms with Gasteiger partial charge in [-0.3, -0.25) is 4.68 Å². The van der Waals surface area contributed by atoms with E-state index in [1.54, 1.807) is 10.9 Å². The Balaban J connectivity index is 1.57. The molecule has 4 atom stereocenters. The second-order valence-electron chi connectivity index (χ2n) is 8.06. The van der Waals surface area contributed by atoms with Crippen LogP contribution in [0.4, 0.5) is 16.8 Å². The topological polar surface area (TPSA) is 146 Å². The highest BCUT2D eigenvalue weighted by Gasteiger charge is 2.41. The Morgan fingerprint density at radius 1 is 1.25 bits per heavy atom. The first-order chi connectivity index (χ1) is 15.4. The summed E-state index contributed by atoms with van der Waals surface area (Å²) in [5, 5.41) is 41.9.